The molecule has 0 aliphatic carbocycles. The van der Waals surface area contributed by atoms with Crippen molar-refractivity contribution in [3.63, 3.8) is 0 Å². The first-order valence-corrected chi connectivity index (χ1v) is 11.5. The van der Waals surface area contributed by atoms with E-state index in [1.807, 2.05) is 0 Å². The highest BCUT2D eigenvalue weighted by atomic mass is 32.2. The third-order valence-electron chi connectivity index (χ3n) is 5.09. The molecule has 0 bridgehead atoms. The zero-order valence-corrected chi connectivity index (χ0v) is 17.1. The van der Waals surface area contributed by atoms with Crippen molar-refractivity contribution < 1.29 is 24.4 Å². The average Bonchev–Trinajstić information content (AvgIpc) is 2.65. The number of alkyl halides is 1. The fourth-order valence-electron chi connectivity index (χ4n) is 3.32. The SMILES string of the molecule is CCCCCCCCCCCCCCS[C@H]1O[C@H](CO)[C@@H](O)[C@H](O)[C@@H]1F. The fraction of sp³-hybridized carbons (Fsp3) is 1.00. The van der Waals surface area contributed by atoms with Gasteiger partial charge in [0, 0.05) is 0 Å². The quantitative estimate of drug-likeness (QED) is 0.363. The molecule has 1 heterocycles. The molecule has 26 heavy (non-hydrogen) atoms. The van der Waals surface area contributed by atoms with Crippen molar-refractivity contribution in [3.05, 3.63) is 0 Å². The molecule has 1 aliphatic rings. The number of aliphatic hydroxyl groups is 3. The molecular weight excluding hydrogens is 355 g/mol. The van der Waals surface area contributed by atoms with E-state index in [0.29, 0.717) is 0 Å². The van der Waals surface area contributed by atoms with Gasteiger partial charge in [-0.2, -0.15) is 0 Å². The zero-order chi connectivity index (χ0) is 19.2. The highest BCUT2D eigenvalue weighted by Gasteiger charge is 2.44. The molecule has 3 N–H and O–H groups in total. The van der Waals surface area contributed by atoms with Gasteiger partial charge in [-0.3, -0.25) is 0 Å². The Balaban J connectivity index is 1.95. The smallest absolute Gasteiger partial charge is 0.164 e. The van der Waals surface area contributed by atoms with Crippen molar-refractivity contribution in [1.29, 1.82) is 0 Å². The normalized spacial score (nSPS) is 29.2. The predicted molar refractivity (Wildman–Crippen MR) is 106 cm³/mol. The molecule has 5 atom stereocenters. The number of ether oxygens (including phenoxy) is 1. The minimum absolute atomic E-state index is 0.416. The number of hydrogen-bond donors (Lipinski definition) is 3. The zero-order valence-electron chi connectivity index (χ0n) is 16.3. The topological polar surface area (TPSA) is 69.9 Å². The second kappa shape index (κ2) is 15.1. The Morgan fingerprint density at radius 3 is 1.81 bits per heavy atom. The van der Waals surface area contributed by atoms with Crippen LogP contribution in [0.3, 0.4) is 0 Å². The van der Waals surface area contributed by atoms with Gasteiger partial charge < -0.3 is 20.1 Å². The van der Waals surface area contributed by atoms with E-state index >= 15 is 0 Å². The van der Waals surface area contributed by atoms with Gasteiger partial charge in [0.15, 0.2) is 6.17 Å². The largest absolute Gasteiger partial charge is 0.394 e. The number of halogens is 1. The van der Waals surface area contributed by atoms with Crippen molar-refractivity contribution in [2.24, 2.45) is 0 Å². The summed E-state index contributed by atoms with van der Waals surface area (Å²) in [6, 6.07) is 0. The van der Waals surface area contributed by atoms with Crippen molar-refractivity contribution in [1.82, 2.24) is 0 Å². The van der Waals surface area contributed by atoms with Crippen molar-refractivity contribution in [3.8, 4) is 0 Å². The van der Waals surface area contributed by atoms with Crippen LogP contribution < -0.4 is 0 Å². The number of thioether (sulfide) groups is 1. The molecule has 1 fully saturated rings. The molecule has 1 aliphatic heterocycles. The molecule has 6 heteroatoms. The minimum Gasteiger partial charge on any atom is -0.394 e. The van der Waals surface area contributed by atoms with E-state index in [0.717, 1.165) is 18.6 Å². The van der Waals surface area contributed by atoms with E-state index in [9.17, 15) is 14.6 Å². The van der Waals surface area contributed by atoms with E-state index in [2.05, 4.69) is 6.92 Å². The molecule has 0 amide bonds. The number of aliphatic hydroxyl groups excluding tert-OH is 3. The van der Waals surface area contributed by atoms with Gasteiger partial charge in [0.25, 0.3) is 0 Å². The lowest BCUT2D eigenvalue weighted by Crippen LogP contribution is -2.56. The van der Waals surface area contributed by atoms with Crippen LogP contribution in [0.5, 0.6) is 0 Å². The Morgan fingerprint density at radius 1 is 0.808 bits per heavy atom. The van der Waals surface area contributed by atoms with Crippen LogP contribution in [0.2, 0.25) is 0 Å². The molecule has 4 nitrogen and oxygen atoms in total. The summed E-state index contributed by atoms with van der Waals surface area (Å²) in [5.41, 5.74) is -0.807. The first-order chi connectivity index (χ1) is 12.6. The van der Waals surface area contributed by atoms with E-state index in [-0.39, 0.29) is 0 Å². The minimum atomic E-state index is -1.62. The Hall–Kier alpha value is 0.120. The molecule has 0 aromatic carbocycles. The van der Waals surface area contributed by atoms with E-state index < -0.39 is 36.5 Å². The van der Waals surface area contributed by atoms with Crippen molar-refractivity contribution in [2.45, 2.75) is 114 Å². The van der Waals surface area contributed by atoms with Gasteiger partial charge in [-0.1, -0.05) is 77.6 Å². The van der Waals surface area contributed by atoms with Gasteiger partial charge in [-0.05, 0) is 12.2 Å². The van der Waals surface area contributed by atoms with Gasteiger partial charge >= 0.3 is 0 Å². The van der Waals surface area contributed by atoms with Gasteiger partial charge in [0.2, 0.25) is 0 Å². The van der Waals surface area contributed by atoms with Gasteiger partial charge in [0.05, 0.1) is 6.61 Å². The number of rotatable bonds is 15. The Kier molecular flexibility index (Phi) is 14.0. The van der Waals surface area contributed by atoms with Crippen LogP contribution in [-0.4, -0.2) is 57.6 Å². The van der Waals surface area contributed by atoms with Crippen LogP contribution in [0, 0.1) is 0 Å². The van der Waals surface area contributed by atoms with Crippen molar-refractivity contribution in [2.75, 3.05) is 12.4 Å². The van der Waals surface area contributed by atoms with Crippen LogP contribution in [0.25, 0.3) is 0 Å². The summed E-state index contributed by atoms with van der Waals surface area (Å²) in [6.07, 6.45) is 10.0. The summed E-state index contributed by atoms with van der Waals surface area (Å²) in [6.45, 7) is 1.83. The van der Waals surface area contributed by atoms with Crippen LogP contribution in [-0.2, 0) is 4.74 Å². The second-order valence-electron chi connectivity index (χ2n) is 7.41. The highest BCUT2D eigenvalue weighted by Crippen LogP contribution is 2.31. The van der Waals surface area contributed by atoms with Crippen LogP contribution in [0.15, 0.2) is 0 Å². The number of unbranched alkanes of at least 4 members (excludes halogenated alkanes) is 11. The maximum Gasteiger partial charge on any atom is 0.164 e. The van der Waals surface area contributed by atoms with Crippen molar-refractivity contribution >= 4 is 11.8 Å². The highest BCUT2D eigenvalue weighted by molar-refractivity contribution is 7.99. The molecule has 0 spiro atoms. The Labute approximate surface area is 162 Å². The third-order valence-corrected chi connectivity index (χ3v) is 6.31. The predicted octanol–water partition coefficient (Wildman–Crippen LogP) is 4.20. The molecular formula is C20H39FO4S. The Bertz CT molecular complexity index is 333. The van der Waals surface area contributed by atoms with Gasteiger partial charge in [-0.15, -0.1) is 11.8 Å². The van der Waals surface area contributed by atoms with E-state index in [1.165, 1.54) is 76.0 Å². The van der Waals surface area contributed by atoms with Gasteiger partial charge in [-0.25, -0.2) is 4.39 Å². The maximum absolute atomic E-state index is 14.0. The average molecular weight is 395 g/mol. The number of hydrogen-bond acceptors (Lipinski definition) is 5. The Morgan fingerprint density at radius 2 is 1.31 bits per heavy atom. The lowest BCUT2D eigenvalue weighted by atomic mass is 10.0. The second-order valence-corrected chi connectivity index (χ2v) is 8.62. The first-order valence-electron chi connectivity index (χ1n) is 10.5. The summed E-state index contributed by atoms with van der Waals surface area (Å²) in [7, 11) is 0. The summed E-state index contributed by atoms with van der Waals surface area (Å²) in [5.74, 6) is 0.767. The molecule has 0 aromatic rings. The summed E-state index contributed by atoms with van der Waals surface area (Å²) in [5, 5.41) is 28.5. The van der Waals surface area contributed by atoms with Crippen LogP contribution >= 0.6 is 11.8 Å². The van der Waals surface area contributed by atoms with Crippen LogP contribution in [0.4, 0.5) is 4.39 Å². The first kappa shape index (κ1) is 24.2. The lowest BCUT2D eigenvalue weighted by molar-refractivity contribution is -0.188. The lowest BCUT2D eigenvalue weighted by Gasteiger charge is -2.38. The van der Waals surface area contributed by atoms with Gasteiger partial charge in [0.1, 0.15) is 23.7 Å². The molecule has 1 saturated heterocycles. The van der Waals surface area contributed by atoms with E-state index in [4.69, 9.17) is 9.84 Å². The molecule has 0 aromatic heterocycles. The fourth-order valence-corrected chi connectivity index (χ4v) is 4.49. The monoisotopic (exact) mass is 394 g/mol. The van der Waals surface area contributed by atoms with Crippen LogP contribution in [0.1, 0.15) is 84.0 Å². The third kappa shape index (κ3) is 9.36. The molecule has 0 radical (unpaired) electrons. The maximum atomic E-state index is 14.0. The molecule has 0 saturated carbocycles. The summed E-state index contributed by atoms with van der Waals surface area (Å²) >= 11 is 1.33. The van der Waals surface area contributed by atoms with E-state index in [1.54, 1.807) is 0 Å². The molecule has 156 valence electrons. The summed E-state index contributed by atoms with van der Waals surface area (Å²) in [4.78, 5) is 0. The molecule has 1 rings (SSSR count). The standard InChI is InChI=1S/C20H39FO4S/c1-2-3-4-5-6-7-8-9-10-11-12-13-14-26-20-17(21)19(24)18(23)16(15-22)25-20/h16-20,22-24H,2-15H2,1H3/t16-,17+,18-,19-,20-/m1/s1. The summed E-state index contributed by atoms with van der Waals surface area (Å²) < 4.78 is 19.4. The molecule has 0 unspecified atom stereocenters.